The number of rotatable bonds is 4. The zero-order chi connectivity index (χ0) is 21.7. The second-order valence-electron chi connectivity index (χ2n) is 6.76. The van der Waals surface area contributed by atoms with Gasteiger partial charge in [-0.1, -0.05) is 24.3 Å². The van der Waals surface area contributed by atoms with Crippen LogP contribution in [0.15, 0.2) is 53.5 Å². The first-order valence-corrected chi connectivity index (χ1v) is 9.25. The number of aliphatic imine (C=N–C) groups is 1. The molecule has 0 aliphatic carbocycles. The number of hydrogen-bond donors (Lipinski definition) is 1. The molecule has 0 radical (unpaired) electrons. The molecule has 3 rings (SSSR count). The molecule has 0 saturated carbocycles. The highest BCUT2D eigenvalue weighted by Crippen LogP contribution is 2.32. The Balaban J connectivity index is 1.68. The topological polar surface area (TPSA) is 80.0 Å². The molecule has 7 nitrogen and oxygen atoms in total. The van der Waals surface area contributed by atoms with Crippen LogP contribution in [-0.2, 0) is 17.5 Å². The van der Waals surface area contributed by atoms with Gasteiger partial charge < -0.3 is 15.0 Å². The Morgan fingerprint density at radius 3 is 2.77 bits per heavy atom. The van der Waals surface area contributed by atoms with E-state index in [0.29, 0.717) is 43.3 Å². The summed E-state index contributed by atoms with van der Waals surface area (Å²) < 4.78 is 44.7. The maximum atomic E-state index is 13.0. The molecule has 0 amide bonds. The number of alkyl halides is 3. The van der Waals surface area contributed by atoms with Gasteiger partial charge in [-0.3, -0.25) is 15.1 Å². The monoisotopic (exact) mass is 422 g/mol. The lowest BCUT2D eigenvalue weighted by Crippen LogP contribution is -2.48. The third-order valence-electron chi connectivity index (χ3n) is 4.74. The normalized spacial score (nSPS) is 17.7. The number of morpholine rings is 1. The van der Waals surface area contributed by atoms with E-state index in [-0.39, 0.29) is 5.69 Å². The van der Waals surface area contributed by atoms with Crippen LogP contribution < -0.4 is 5.32 Å². The van der Waals surface area contributed by atoms with Crippen LogP contribution in [0, 0.1) is 10.1 Å². The molecule has 10 heteroatoms. The third-order valence-corrected chi connectivity index (χ3v) is 4.74. The molecule has 2 aromatic rings. The van der Waals surface area contributed by atoms with Crippen molar-refractivity contribution in [1.29, 1.82) is 0 Å². The van der Waals surface area contributed by atoms with Gasteiger partial charge in [0, 0.05) is 32.3 Å². The molecule has 1 fully saturated rings. The van der Waals surface area contributed by atoms with E-state index in [1.165, 1.54) is 18.2 Å². The SMILES string of the molecule is CN=C(NCc1cccc([N+](=O)[O-])c1)N1CCOC(c2cccc(C(F)(F)F)c2)C1. The average molecular weight is 422 g/mol. The van der Waals surface area contributed by atoms with Gasteiger partial charge in [0.2, 0.25) is 0 Å². The molecule has 0 aromatic heterocycles. The van der Waals surface area contributed by atoms with E-state index >= 15 is 0 Å². The van der Waals surface area contributed by atoms with Gasteiger partial charge in [-0.15, -0.1) is 0 Å². The first kappa shape index (κ1) is 21.6. The standard InChI is InChI=1S/C20H21F3N4O3/c1-24-19(25-12-14-4-2-7-17(10-14)27(28)29)26-8-9-30-18(13-26)15-5-3-6-16(11-15)20(21,22)23/h2-7,10-11,18H,8-9,12-13H2,1H3,(H,24,25). The number of nitro benzene ring substituents is 1. The number of halogens is 3. The Kier molecular flexibility index (Phi) is 6.56. The summed E-state index contributed by atoms with van der Waals surface area (Å²) in [7, 11) is 1.60. The van der Waals surface area contributed by atoms with Gasteiger partial charge in [0.15, 0.2) is 5.96 Å². The molecule has 30 heavy (non-hydrogen) atoms. The maximum absolute atomic E-state index is 13.0. The smallest absolute Gasteiger partial charge is 0.370 e. The summed E-state index contributed by atoms with van der Waals surface area (Å²) in [5.41, 5.74) is 0.450. The molecule has 1 saturated heterocycles. The van der Waals surface area contributed by atoms with Crippen molar-refractivity contribution in [1.82, 2.24) is 10.2 Å². The Bertz CT molecular complexity index is 934. The zero-order valence-corrected chi connectivity index (χ0v) is 16.2. The zero-order valence-electron chi connectivity index (χ0n) is 16.2. The van der Waals surface area contributed by atoms with Gasteiger partial charge in [0.25, 0.3) is 5.69 Å². The van der Waals surface area contributed by atoms with Crippen molar-refractivity contribution < 1.29 is 22.8 Å². The van der Waals surface area contributed by atoms with Gasteiger partial charge >= 0.3 is 6.18 Å². The molecule has 1 aliphatic heterocycles. The molecule has 2 aromatic carbocycles. The van der Waals surface area contributed by atoms with Gasteiger partial charge in [-0.25, -0.2) is 0 Å². The molecule has 160 valence electrons. The number of nitro groups is 1. The van der Waals surface area contributed by atoms with Crippen molar-refractivity contribution in [3.8, 4) is 0 Å². The number of nitrogens with zero attached hydrogens (tertiary/aromatic N) is 3. The van der Waals surface area contributed by atoms with Crippen LogP contribution in [0.3, 0.4) is 0 Å². The van der Waals surface area contributed by atoms with E-state index < -0.39 is 22.8 Å². The third kappa shape index (κ3) is 5.26. The summed E-state index contributed by atoms with van der Waals surface area (Å²) in [6.45, 7) is 1.50. The lowest BCUT2D eigenvalue weighted by molar-refractivity contribution is -0.384. The van der Waals surface area contributed by atoms with Crippen LogP contribution in [0.1, 0.15) is 22.8 Å². The highest BCUT2D eigenvalue weighted by Gasteiger charge is 2.32. The lowest BCUT2D eigenvalue weighted by Gasteiger charge is -2.35. The van der Waals surface area contributed by atoms with Crippen molar-refractivity contribution >= 4 is 11.6 Å². The second-order valence-corrected chi connectivity index (χ2v) is 6.76. The van der Waals surface area contributed by atoms with E-state index in [0.717, 1.165) is 12.1 Å². The average Bonchev–Trinajstić information content (AvgIpc) is 2.74. The van der Waals surface area contributed by atoms with E-state index in [9.17, 15) is 23.3 Å². The van der Waals surface area contributed by atoms with Crippen molar-refractivity contribution in [3.63, 3.8) is 0 Å². The predicted molar refractivity (Wildman–Crippen MR) is 105 cm³/mol. The summed E-state index contributed by atoms with van der Waals surface area (Å²) in [6.07, 6.45) is -4.95. The first-order valence-electron chi connectivity index (χ1n) is 9.25. The van der Waals surface area contributed by atoms with E-state index in [1.54, 1.807) is 25.2 Å². The molecule has 1 N–H and O–H groups in total. The summed E-state index contributed by atoms with van der Waals surface area (Å²) in [6, 6.07) is 11.4. The minimum absolute atomic E-state index is 0.000250. The lowest BCUT2D eigenvalue weighted by atomic mass is 10.0. The number of guanidine groups is 1. The van der Waals surface area contributed by atoms with Crippen molar-refractivity contribution in [2.45, 2.75) is 18.8 Å². The summed E-state index contributed by atoms with van der Waals surface area (Å²) >= 11 is 0. The molecule has 1 heterocycles. The Morgan fingerprint density at radius 1 is 1.30 bits per heavy atom. The van der Waals surface area contributed by atoms with Crippen LogP contribution in [0.2, 0.25) is 0 Å². The Morgan fingerprint density at radius 2 is 2.07 bits per heavy atom. The fourth-order valence-electron chi connectivity index (χ4n) is 3.25. The molecule has 1 aliphatic rings. The van der Waals surface area contributed by atoms with Gasteiger partial charge in [-0.05, 0) is 23.3 Å². The van der Waals surface area contributed by atoms with Crippen LogP contribution in [0.25, 0.3) is 0 Å². The number of hydrogen-bond acceptors (Lipinski definition) is 4. The van der Waals surface area contributed by atoms with E-state index in [4.69, 9.17) is 4.74 Å². The highest BCUT2D eigenvalue weighted by molar-refractivity contribution is 5.80. The van der Waals surface area contributed by atoms with Crippen molar-refractivity contribution in [2.75, 3.05) is 26.7 Å². The van der Waals surface area contributed by atoms with Crippen molar-refractivity contribution in [2.24, 2.45) is 4.99 Å². The first-order chi connectivity index (χ1) is 14.3. The second kappa shape index (κ2) is 9.12. The predicted octanol–water partition coefficient (Wildman–Crippen LogP) is 3.76. The van der Waals surface area contributed by atoms with Crippen LogP contribution >= 0.6 is 0 Å². The van der Waals surface area contributed by atoms with Crippen molar-refractivity contribution in [3.05, 3.63) is 75.3 Å². The molecule has 1 atom stereocenters. The van der Waals surface area contributed by atoms with E-state index in [1.807, 2.05) is 4.90 Å². The minimum atomic E-state index is -4.42. The largest absolute Gasteiger partial charge is 0.416 e. The molecule has 0 spiro atoms. The summed E-state index contributed by atoms with van der Waals surface area (Å²) in [4.78, 5) is 16.6. The van der Waals surface area contributed by atoms with E-state index in [2.05, 4.69) is 10.3 Å². The quantitative estimate of drug-likeness (QED) is 0.351. The number of non-ortho nitro benzene ring substituents is 1. The van der Waals surface area contributed by atoms with Crippen LogP contribution in [0.4, 0.5) is 18.9 Å². The summed E-state index contributed by atoms with van der Waals surface area (Å²) in [5.74, 6) is 0.543. The Hall–Kier alpha value is -3.14. The molecule has 1 unspecified atom stereocenters. The Labute approximate surface area is 171 Å². The fraction of sp³-hybridized carbons (Fsp3) is 0.350. The molecular weight excluding hydrogens is 401 g/mol. The molecule has 0 bridgehead atoms. The number of nitrogens with one attached hydrogen (secondary N) is 1. The van der Waals surface area contributed by atoms with Gasteiger partial charge in [0.05, 0.1) is 23.6 Å². The summed E-state index contributed by atoms with van der Waals surface area (Å²) in [5, 5.41) is 14.1. The van der Waals surface area contributed by atoms with Gasteiger partial charge in [0.1, 0.15) is 6.10 Å². The maximum Gasteiger partial charge on any atom is 0.416 e. The highest BCUT2D eigenvalue weighted by atomic mass is 19.4. The minimum Gasteiger partial charge on any atom is -0.370 e. The van der Waals surface area contributed by atoms with Crippen LogP contribution in [0.5, 0.6) is 0 Å². The molecular formula is C20H21F3N4O3. The van der Waals surface area contributed by atoms with Gasteiger partial charge in [-0.2, -0.15) is 13.2 Å². The number of benzene rings is 2. The van der Waals surface area contributed by atoms with Crippen LogP contribution in [-0.4, -0.2) is 42.5 Å². The fourth-order valence-corrected chi connectivity index (χ4v) is 3.25. The number of ether oxygens (including phenoxy) is 1.